The molecule has 0 N–H and O–H groups in total. The van der Waals surface area contributed by atoms with Crippen LogP contribution in [-0.2, 0) is 0 Å². The van der Waals surface area contributed by atoms with Gasteiger partial charge < -0.3 is 0 Å². The SMILES string of the molecule is Brc1cn2c3ccccc3n(-c3ccccc3)c2n1. The van der Waals surface area contributed by atoms with Gasteiger partial charge in [-0.2, -0.15) is 0 Å². The Balaban J connectivity index is 2.22. The van der Waals surface area contributed by atoms with E-state index >= 15 is 0 Å². The van der Waals surface area contributed by atoms with Gasteiger partial charge in [0, 0.05) is 11.9 Å². The Morgan fingerprint density at radius 1 is 0.842 bits per heavy atom. The summed E-state index contributed by atoms with van der Waals surface area (Å²) in [7, 11) is 0. The van der Waals surface area contributed by atoms with Gasteiger partial charge >= 0.3 is 0 Å². The Labute approximate surface area is 118 Å². The van der Waals surface area contributed by atoms with Crippen LogP contribution in [0.5, 0.6) is 0 Å². The van der Waals surface area contributed by atoms with E-state index in [9.17, 15) is 0 Å². The first-order valence-electron chi connectivity index (χ1n) is 6.04. The largest absolute Gasteiger partial charge is 0.282 e. The van der Waals surface area contributed by atoms with Crippen molar-refractivity contribution in [2.24, 2.45) is 0 Å². The van der Waals surface area contributed by atoms with Crippen LogP contribution in [0.3, 0.4) is 0 Å². The lowest BCUT2D eigenvalue weighted by molar-refractivity contribution is 1.10. The van der Waals surface area contributed by atoms with Crippen molar-refractivity contribution in [2.75, 3.05) is 0 Å². The Morgan fingerprint density at radius 2 is 1.53 bits per heavy atom. The second kappa shape index (κ2) is 3.96. The van der Waals surface area contributed by atoms with Crippen LogP contribution in [0, 0.1) is 0 Å². The van der Waals surface area contributed by atoms with Crippen molar-refractivity contribution in [3.63, 3.8) is 0 Å². The maximum Gasteiger partial charge on any atom is 0.220 e. The van der Waals surface area contributed by atoms with Crippen LogP contribution in [0.2, 0.25) is 0 Å². The van der Waals surface area contributed by atoms with Crippen LogP contribution >= 0.6 is 15.9 Å². The van der Waals surface area contributed by atoms with E-state index in [1.807, 2.05) is 30.5 Å². The average molecular weight is 312 g/mol. The van der Waals surface area contributed by atoms with Crippen molar-refractivity contribution in [3.8, 4) is 5.69 Å². The third-order valence-electron chi connectivity index (χ3n) is 3.25. The van der Waals surface area contributed by atoms with Crippen molar-refractivity contribution in [3.05, 3.63) is 65.4 Å². The highest BCUT2D eigenvalue weighted by atomic mass is 79.9. The predicted octanol–water partition coefficient (Wildman–Crippen LogP) is 4.04. The fourth-order valence-electron chi connectivity index (χ4n) is 2.47. The molecule has 3 nitrogen and oxygen atoms in total. The van der Waals surface area contributed by atoms with Gasteiger partial charge in [-0.1, -0.05) is 30.3 Å². The zero-order valence-corrected chi connectivity index (χ0v) is 11.6. The first kappa shape index (κ1) is 10.8. The normalized spacial score (nSPS) is 11.4. The van der Waals surface area contributed by atoms with Crippen LogP contribution < -0.4 is 0 Å². The highest BCUT2D eigenvalue weighted by molar-refractivity contribution is 9.10. The molecular weight excluding hydrogens is 302 g/mol. The van der Waals surface area contributed by atoms with Gasteiger partial charge in [-0.05, 0) is 40.2 Å². The van der Waals surface area contributed by atoms with E-state index in [0.717, 1.165) is 27.1 Å². The van der Waals surface area contributed by atoms with Crippen LogP contribution in [0.25, 0.3) is 22.5 Å². The number of hydrogen-bond acceptors (Lipinski definition) is 1. The first-order chi connectivity index (χ1) is 9.34. The lowest BCUT2D eigenvalue weighted by Gasteiger charge is -2.04. The van der Waals surface area contributed by atoms with Gasteiger partial charge in [0.25, 0.3) is 0 Å². The summed E-state index contributed by atoms with van der Waals surface area (Å²) in [5.74, 6) is 0.916. The summed E-state index contributed by atoms with van der Waals surface area (Å²) in [4.78, 5) is 4.57. The van der Waals surface area contributed by atoms with Crippen LogP contribution in [-0.4, -0.2) is 14.0 Å². The molecule has 0 aliphatic heterocycles. The molecule has 0 spiro atoms. The van der Waals surface area contributed by atoms with E-state index in [2.05, 4.69) is 60.2 Å². The van der Waals surface area contributed by atoms with Gasteiger partial charge in [-0.3, -0.25) is 8.97 Å². The fraction of sp³-hybridized carbons (Fsp3) is 0. The minimum Gasteiger partial charge on any atom is -0.282 e. The van der Waals surface area contributed by atoms with Gasteiger partial charge in [0.15, 0.2) is 0 Å². The summed E-state index contributed by atoms with van der Waals surface area (Å²) < 4.78 is 5.12. The second-order valence-electron chi connectivity index (χ2n) is 4.39. The molecule has 0 unspecified atom stereocenters. The summed E-state index contributed by atoms with van der Waals surface area (Å²) >= 11 is 3.45. The number of benzene rings is 2. The van der Waals surface area contributed by atoms with Gasteiger partial charge in [-0.25, -0.2) is 4.98 Å². The van der Waals surface area contributed by atoms with E-state index in [1.165, 1.54) is 0 Å². The number of imidazole rings is 2. The van der Waals surface area contributed by atoms with E-state index in [1.54, 1.807) is 0 Å². The molecule has 0 aliphatic carbocycles. The van der Waals surface area contributed by atoms with Crippen molar-refractivity contribution in [1.82, 2.24) is 14.0 Å². The standard InChI is InChI=1S/C15H10BrN3/c16-14-10-18-12-8-4-5-9-13(12)19(15(18)17-14)11-6-2-1-3-7-11/h1-10H. The Kier molecular flexibility index (Phi) is 2.26. The molecule has 0 radical (unpaired) electrons. The Morgan fingerprint density at radius 3 is 2.32 bits per heavy atom. The van der Waals surface area contributed by atoms with Crippen LogP contribution in [0.1, 0.15) is 0 Å². The molecule has 0 atom stereocenters. The molecule has 0 aliphatic rings. The summed E-state index contributed by atoms with van der Waals surface area (Å²) in [5.41, 5.74) is 3.43. The Hall–Kier alpha value is -2.07. The lowest BCUT2D eigenvalue weighted by atomic mass is 10.3. The monoisotopic (exact) mass is 311 g/mol. The van der Waals surface area contributed by atoms with Crippen LogP contribution in [0.4, 0.5) is 0 Å². The number of fused-ring (bicyclic) bond motifs is 3. The maximum atomic E-state index is 4.57. The highest BCUT2D eigenvalue weighted by Crippen LogP contribution is 2.26. The molecule has 2 aromatic heterocycles. The number of hydrogen-bond donors (Lipinski definition) is 0. The maximum absolute atomic E-state index is 4.57. The molecule has 0 saturated carbocycles. The number of rotatable bonds is 1. The summed E-state index contributed by atoms with van der Waals surface area (Å²) in [6.45, 7) is 0. The summed E-state index contributed by atoms with van der Waals surface area (Å²) in [6.07, 6.45) is 2.00. The summed E-state index contributed by atoms with van der Waals surface area (Å²) in [6, 6.07) is 18.6. The minimum absolute atomic E-state index is 0.845. The summed E-state index contributed by atoms with van der Waals surface area (Å²) in [5, 5.41) is 0. The number of halogens is 1. The zero-order chi connectivity index (χ0) is 12.8. The number of aromatic nitrogens is 3. The molecule has 4 heteroatoms. The first-order valence-corrected chi connectivity index (χ1v) is 6.83. The average Bonchev–Trinajstić information content (AvgIpc) is 2.95. The molecule has 92 valence electrons. The Bertz CT molecular complexity index is 874. The van der Waals surface area contributed by atoms with Gasteiger partial charge in [0.2, 0.25) is 5.78 Å². The molecule has 0 amide bonds. The van der Waals surface area contributed by atoms with E-state index in [-0.39, 0.29) is 0 Å². The quantitative estimate of drug-likeness (QED) is 0.520. The van der Waals surface area contributed by atoms with Crippen molar-refractivity contribution in [2.45, 2.75) is 0 Å². The fourth-order valence-corrected chi connectivity index (χ4v) is 2.84. The molecule has 0 bridgehead atoms. The smallest absolute Gasteiger partial charge is 0.220 e. The molecule has 0 saturated heterocycles. The van der Waals surface area contributed by atoms with Crippen LogP contribution in [0.15, 0.2) is 65.4 Å². The number of para-hydroxylation sites is 3. The molecule has 2 aromatic carbocycles. The third-order valence-corrected chi connectivity index (χ3v) is 3.64. The van der Waals surface area contributed by atoms with Crippen molar-refractivity contribution < 1.29 is 0 Å². The van der Waals surface area contributed by atoms with E-state index in [0.29, 0.717) is 0 Å². The third kappa shape index (κ3) is 1.53. The molecule has 4 rings (SSSR count). The van der Waals surface area contributed by atoms with Gasteiger partial charge in [-0.15, -0.1) is 0 Å². The zero-order valence-electron chi connectivity index (χ0n) is 9.99. The van der Waals surface area contributed by atoms with Gasteiger partial charge in [0.1, 0.15) is 4.60 Å². The second-order valence-corrected chi connectivity index (χ2v) is 5.21. The molecular formula is C15H10BrN3. The van der Waals surface area contributed by atoms with Crippen molar-refractivity contribution in [1.29, 1.82) is 0 Å². The number of nitrogens with zero attached hydrogens (tertiary/aromatic N) is 3. The minimum atomic E-state index is 0.845. The highest BCUT2D eigenvalue weighted by Gasteiger charge is 2.13. The molecule has 19 heavy (non-hydrogen) atoms. The van der Waals surface area contributed by atoms with Gasteiger partial charge in [0.05, 0.1) is 11.0 Å². The van der Waals surface area contributed by atoms with Crippen molar-refractivity contribution >= 4 is 32.7 Å². The predicted molar refractivity (Wildman–Crippen MR) is 79.7 cm³/mol. The molecule has 2 heterocycles. The van der Waals surface area contributed by atoms with E-state index in [4.69, 9.17) is 0 Å². The molecule has 4 aromatic rings. The lowest BCUT2D eigenvalue weighted by Crippen LogP contribution is -1.94. The molecule has 0 fully saturated rings. The topological polar surface area (TPSA) is 22.2 Å². The van der Waals surface area contributed by atoms with E-state index < -0.39 is 0 Å².